The molecule has 0 bridgehead atoms. The first-order valence-corrected chi connectivity index (χ1v) is 12.3. The maximum absolute atomic E-state index is 13.0. The summed E-state index contributed by atoms with van der Waals surface area (Å²) in [5.74, 6) is 0.0378. The monoisotopic (exact) mass is 551 g/mol. The van der Waals surface area contributed by atoms with Gasteiger partial charge in [0.25, 0.3) is 5.91 Å². The van der Waals surface area contributed by atoms with E-state index in [-0.39, 0.29) is 12.4 Å². The van der Waals surface area contributed by atoms with Gasteiger partial charge in [0.1, 0.15) is 12.5 Å². The zero-order chi connectivity index (χ0) is 28.4. The molecule has 1 amide bonds. The molecule has 2 aliphatic heterocycles. The summed E-state index contributed by atoms with van der Waals surface area (Å²) in [4.78, 5) is 21.0. The molecule has 11 heteroatoms. The smallest absolute Gasteiger partial charge is 0.454 e. The lowest BCUT2D eigenvalue weighted by molar-refractivity contribution is -0.274. The first-order valence-electron chi connectivity index (χ1n) is 12.3. The number of ether oxygens (including phenoxy) is 3. The number of nitrogens with zero attached hydrogens (tertiary/aromatic N) is 2. The second kappa shape index (κ2) is 10.8. The van der Waals surface area contributed by atoms with Crippen LogP contribution >= 0.6 is 0 Å². The number of amides is 1. The first kappa shape index (κ1) is 26.8. The Bertz CT molecular complexity index is 1530. The molecule has 3 aliphatic rings. The Kier molecular flexibility index (Phi) is 7.20. The SMILES string of the molecule is C=O.CC1=NN(c2ccc3c(c2)OCO3)C2=C(CCc3ccc(NC(=O)c4ccccc4OC(F)(F)F)cc32)C1. The second-order valence-corrected chi connectivity index (χ2v) is 9.18. The summed E-state index contributed by atoms with van der Waals surface area (Å²) in [6.45, 7) is 4.15. The Morgan fingerprint density at radius 2 is 1.80 bits per heavy atom. The average Bonchev–Trinajstić information content (AvgIpc) is 3.41. The van der Waals surface area contributed by atoms with Gasteiger partial charge in [-0.3, -0.25) is 4.79 Å². The molecule has 0 atom stereocenters. The number of benzene rings is 3. The number of anilines is 2. The molecule has 0 radical (unpaired) electrons. The zero-order valence-electron chi connectivity index (χ0n) is 21.4. The van der Waals surface area contributed by atoms with Gasteiger partial charge in [-0.15, -0.1) is 13.2 Å². The fourth-order valence-corrected chi connectivity index (χ4v) is 4.96. The van der Waals surface area contributed by atoms with Crippen LogP contribution in [-0.4, -0.2) is 31.6 Å². The number of allylic oxidation sites excluding steroid dienone is 1. The summed E-state index contributed by atoms with van der Waals surface area (Å²) >= 11 is 0. The number of hydrogen-bond acceptors (Lipinski definition) is 7. The fourth-order valence-electron chi connectivity index (χ4n) is 4.96. The normalized spacial score (nSPS) is 15.3. The van der Waals surface area contributed by atoms with Gasteiger partial charge in [-0.1, -0.05) is 18.2 Å². The van der Waals surface area contributed by atoms with Crippen molar-refractivity contribution in [3.8, 4) is 17.2 Å². The highest BCUT2D eigenvalue weighted by Gasteiger charge is 2.33. The van der Waals surface area contributed by atoms with Crippen molar-refractivity contribution in [1.29, 1.82) is 0 Å². The van der Waals surface area contributed by atoms with Crippen molar-refractivity contribution in [2.24, 2.45) is 5.10 Å². The van der Waals surface area contributed by atoms with Gasteiger partial charge in [-0.05, 0) is 67.3 Å². The summed E-state index contributed by atoms with van der Waals surface area (Å²) in [6.07, 6.45) is -2.49. The van der Waals surface area contributed by atoms with Crippen molar-refractivity contribution in [1.82, 2.24) is 0 Å². The highest BCUT2D eigenvalue weighted by Crippen LogP contribution is 2.44. The number of carbonyl (C=O) groups excluding carboxylic acids is 2. The number of aryl methyl sites for hydroxylation is 1. The number of hydrazone groups is 1. The second-order valence-electron chi connectivity index (χ2n) is 9.18. The largest absolute Gasteiger partial charge is 0.573 e. The van der Waals surface area contributed by atoms with Crippen molar-refractivity contribution in [2.45, 2.75) is 32.5 Å². The Hall–Kier alpha value is -4.80. The van der Waals surface area contributed by atoms with Crippen molar-refractivity contribution in [2.75, 3.05) is 17.1 Å². The molecule has 1 aliphatic carbocycles. The van der Waals surface area contributed by atoms with Gasteiger partial charge in [0.05, 0.1) is 16.9 Å². The Morgan fingerprint density at radius 3 is 2.60 bits per heavy atom. The van der Waals surface area contributed by atoms with Crippen LogP contribution in [0.25, 0.3) is 5.70 Å². The van der Waals surface area contributed by atoms with Crippen molar-refractivity contribution >= 4 is 35.5 Å². The first-order chi connectivity index (χ1) is 19.2. The van der Waals surface area contributed by atoms with E-state index in [4.69, 9.17) is 19.4 Å². The molecule has 1 N–H and O–H groups in total. The molecule has 0 saturated heterocycles. The van der Waals surface area contributed by atoms with E-state index in [1.54, 1.807) is 6.07 Å². The number of halogens is 3. The molecule has 3 aromatic carbocycles. The van der Waals surface area contributed by atoms with Crippen LogP contribution in [0.5, 0.6) is 17.2 Å². The highest BCUT2D eigenvalue weighted by atomic mass is 19.4. The Balaban J connectivity index is 0.00000158. The quantitative estimate of drug-likeness (QED) is 0.408. The van der Waals surface area contributed by atoms with Crippen LogP contribution in [0.1, 0.15) is 41.3 Å². The van der Waals surface area contributed by atoms with Gasteiger partial charge >= 0.3 is 6.36 Å². The number of hydrogen-bond donors (Lipinski definition) is 1. The topological polar surface area (TPSA) is 89.5 Å². The van der Waals surface area contributed by atoms with Crippen LogP contribution in [-0.2, 0) is 11.2 Å². The van der Waals surface area contributed by atoms with Crippen LogP contribution in [0.2, 0.25) is 0 Å². The summed E-state index contributed by atoms with van der Waals surface area (Å²) < 4.78 is 53.6. The molecule has 0 aromatic heterocycles. The van der Waals surface area contributed by atoms with Gasteiger partial charge in [0.15, 0.2) is 11.5 Å². The van der Waals surface area contributed by atoms with Crippen molar-refractivity contribution in [3.05, 3.63) is 82.9 Å². The van der Waals surface area contributed by atoms with Crippen LogP contribution in [0.3, 0.4) is 0 Å². The maximum atomic E-state index is 13.0. The van der Waals surface area contributed by atoms with Crippen molar-refractivity contribution < 1.29 is 37.0 Å². The van der Waals surface area contributed by atoms with E-state index in [0.29, 0.717) is 17.2 Å². The number of fused-ring (bicyclic) bond motifs is 3. The van der Waals surface area contributed by atoms with Gasteiger partial charge < -0.3 is 24.3 Å². The summed E-state index contributed by atoms with van der Waals surface area (Å²) in [7, 11) is 0. The molecule has 40 heavy (non-hydrogen) atoms. The minimum Gasteiger partial charge on any atom is -0.454 e. The van der Waals surface area contributed by atoms with E-state index >= 15 is 0 Å². The Labute approximate surface area is 227 Å². The molecule has 0 saturated carbocycles. The molecule has 6 rings (SSSR count). The molecule has 0 spiro atoms. The van der Waals surface area contributed by atoms with E-state index in [9.17, 15) is 18.0 Å². The molecular weight excluding hydrogens is 527 g/mol. The summed E-state index contributed by atoms with van der Waals surface area (Å²) in [5.41, 5.74) is 6.13. The lowest BCUT2D eigenvalue weighted by Gasteiger charge is -2.34. The number of carbonyl (C=O) groups is 2. The lowest BCUT2D eigenvalue weighted by atomic mass is 9.85. The van der Waals surface area contributed by atoms with E-state index in [2.05, 4.69) is 10.1 Å². The summed E-state index contributed by atoms with van der Waals surface area (Å²) in [6, 6.07) is 16.4. The van der Waals surface area contributed by atoms with Crippen LogP contribution in [0, 0.1) is 0 Å². The minimum absolute atomic E-state index is 0.165. The molecule has 8 nitrogen and oxygen atoms in total. The van der Waals surface area contributed by atoms with E-state index in [0.717, 1.165) is 53.6 Å². The molecule has 3 aromatic rings. The van der Waals surface area contributed by atoms with Gasteiger partial charge in [0, 0.05) is 29.4 Å². The molecule has 2 heterocycles. The van der Waals surface area contributed by atoms with Crippen LogP contribution in [0.15, 0.2) is 71.3 Å². The van der Waals surface area contributed by atoms with E-state index in [1.807, 2.05) is 49.1 Å². The number of rotatable bonds is 4. The van der Waals surface area contributed by atoms with Gasteiger partial charge in [0.2, 0.25) is 6.79 Å². The zero-order valence-corrected chi connectivity index (χ0v) is 21.4. The van der Waals surface area contributed by atoms with Crippen LogP contribution in [0.4, 0.5) is 24.5 Å². The third-order valence-corrected chi connectivity index (χ3v) is 6.56. The molecule has 0 unspecified atom stereocenters. The predicted octanol–water partition coefficient (Wildman–Crippen LogP) is 6.32. The number of para-hydroxylation sites is 1. The van der Waals surface area contributed by atoms with Gasteiger partial charge in [-0.25, -0.2) is 5.01 Å². The standard InChI is InChI=1S/C28H22F3N3O4.CH2O/c1-16-12-18-7-6-17-8-9-19(32-27(35)21-4-2-3-5-23(21)38-28(29,30)31)13-22(17)26(18)34(33-16)20-10-11-24-25(14-20)37-15-36-24;1-2/h2-5,8-11,13-14H,6-7,12,15H2,1H3,(H,32,35);1H2. The minimum atomic E-state index is -4.91. The van der Waals surface area contributed by atoms with Crippen LogP contribution < -0.4 is 24.5 Å². The van der Waals surface area contributed by atoms with Gasteiger partial charge in [-0.2, -0.15) is 5.10 Å². The third kappa shape index (κ3) is 5.35. The van der Waals surface area contributed by atoms with Crippen molar-refractivity contribution in [3.63, 3.8) is 0 Å². The fraction of sp³-hybridized carbons (Fsp3) is 0.207. The average molecular weight is 552 g/mol. The number of nitrogens with one attached hydrogen (secondary N) is 1. The maximum Gasteiger partial charge on any atom is 0.573 e. The molecule has 206 valence electrons. The molecular formula is C29H24F3N3O5. The lowest BCUT2D eigenvalue weighted by Crippen LogP contribution is -2.26. The Morgan fingerprint density at radius 1 is 1.02 bits per heavy atom. The van der Waals surface area contributed by atoms with E-state index in [1.165, 1.54) is 23.8 Å². The third-order valence-electron chi connectivity index (χ3n) is 6.56. The summed E-state index contributed by atoms with van der Waals surface area (Å²) in [5, 5.41) is 9.44. The molecule has 0 fully saturated rings. The van der Waals surface area contributed by atoms with E-state index < -0.39 is 18.0 Å². The predicted molar refractivity (Wildman–Crippen MR) is 143 cm³/mol. The number of alkyl halides is 3. The highest BCUT2D eigenvalue weighted by molar-refractivity contribution is 6.06.